The highest BCUT2D eigenvalue weighted by molar-refractivity contribution is 7.90. The molecule has 0 radical (unpaired) electrons. The van der Waals surface area contributed by atoms with E-state index in [4.69, 9.17) is 9.47 Å². The van der Waals surface area contributed by atoms with Crippen LogP contribution >= 0.6 is 0 Å². The first-order valence-corrected chi connectivity index (χ1v) is 9.78. The second-order valence-corrected chi connectivity index (χ2v) is 7.77. The van der Waals surface area contributed by atoms with Gasteiger partial charge < -0.3 is 14.8 Å². The number of para-hydroxylation sites is 1. The van der Waals surface area contributed by atoms with Crippen molar-refractivity contribution in [3.05, 3.63) is 60.2 Å². The maximum atomic E-state index is 12.0. The van der Waals surface area contributed by atoms with Gasteiger partial charge in [0.15, 0.2) is 15.9 Å². The van der Waals surface area contributed by atoms with Crippen LogP contribution in [0.3, 0.4) is 0 Å². The first kappa shape index (κ1) is 17.0. The maximum absolute atomic E-state index is 12.0. The molecule has 0 unspecified atom stereocenters. The highest BCUT2D eigenvalue weighted by Gasteiger charge is 2.29. The lowest BCUT2D eigenvalue weighted by Crippen LogP contribution is -2.43. The van der Waals surface area contributed by atoms with Gasteiger partial charge >= 0.3 is 0 Å². The molecule has 6 heteroatoms. The van der Waals surface area contributed by atoms with Crippen LogP contribution in [0.4, 0.5) is 0 Å². The van der Waals surface area contributed by atoms with E-state index in [0.717, 1.165) is 12.1 Å². The molecule has 128 valence electrons. The van der Waals surface area contributed by atoms with Crippen LogP contribution in [0.25, 0.3) is 0 Å². The summed E-state index contributed by atoms with van der Waals surface area (Å²) in [4.78, 5) is 0.190. The van der Waals surface area contributed by atoms with Crippen LogP contribution in [0, 0.1) is 0 Å². The number of morpholine rings is 1. The third-order valence-corrected chi connectivity index (χ3v) is 5.06. The quantitative estimate of drug-likeness (QED) is 0.898. The fourth-order valence-electron chi connectivity index (χ4n) is 2.77. The van der Waals surface area contributed by atoms with E-state index in [9.17, 15) is 8.42 Å². The molecule has 0 aromatic heterocycles. The van der Waals surface area contributed by atoms with E-state index in [0.29, 0.717) is 18.9 Å². The minimum Gasteiger partial charge on any atom is -0.482 e. The Bertz CT molecular complexity index is 771. The van der Waals surface area contributed by atoms with E-state index in [1.807, 2.05) is 30.3 Å². The van der Waals surface area contributed by atoms with Gasteiger partial charge in [0.1, 0.15) is 16.7 Å². The molecule has 0 saturated carbocycles. The Morgan fingerprint density at radius 3 is 2.50 bits per heavy atom. The van der Waals surface area contributed by atoms with E-state index >= 15 is 0 Å². The molecule has 0 bridgehead atoms. The Kier molecular flexibility index (Phi) is 5.18. The Morgan fingerprint density at radius 1 is 1.12 bits per heavy atom. The van der Waals surface area contributed by atoms with Crippen LogP contribution < -0.4 is 10.1 Å². The van der Waals surface area contributed by atoms with Gasteiger partial charge in [-0.2, -0.15) is 0 Å². The number of sulfone groups is 1. The number of hydrogen-bond acceptors (Lipinski definition) is 5. The molecule has 24 heavy (non-hydrogen) atoms. The monoisotopic (exact) mass is 347 g/mol. The average Bonchev–Trinajstić information content (AvgIpc) is 2.61. The topological polar surface area (TPSA) is 64.6 Å². The SMILES string of the molecule is CS(=O)(=O)c1ccccc1O[C@@H](c1ccccc1)[C@@H]1CNCCO1. The van der Waals surface area contributed by atoms with E-state index < -0.39 is 9.84 Å². The maximum Gasteiger partial charge on any atom is 0.179 e. The zero-order chi connectivity index (χ0) is 17.0. The molecule has 2 atom stereocenters. The lowest BCUT2D eigenvalue weighted by Gasteiger charge is -2.32. The van der Waals surface area contributed by atoms with Crippen molar-refractivity contribution in [3.8, 4) is 5.75 Å². The molecule has 1 aliphatic heterocycles. The Balaban J connectivity index is 1.96. The van der Waals surface area contributed by atoms with Crippen molar-refractivity contribution in [3.63, 3.8) is 0 Å². The van der Waals surface area contributed by atoms with Crippen LogP contribution in [-0.2, 0) is 14.6 Å². The summed E-state index contributed by atoms with van der Waals surface area (Å²) in [5.74, 6) is 0.350. The van der Waals surface area contributed by atoms with Gasteiger partial charge in [-0.15, -0.1) is 0 Å². The number of rotatable bonds is 5. The summed E-state index contributed by atoms with van der Waals surface area (Å²) >= 11 is 0. The third kappa shape index (κ3) is 3.95. The van der Waals surface area contributed by atoms with Crippen molar-refractivity contribution in [1.29, 1.82) is 0 Å². The van der Waals surface area contributed by atoms with Gasteiger partial charge in [0.05, 0.1) is 6.61 Å². The molecule has 2 aromatic rings. The molecule has 1 fully saturated rings. The van der Waals surface area contributed by atoms with Crippen molar-refractivity contribution in [2.75, 3.05) is 26.0 Å². The largest absolute Gasteiger partial charge is 0.482 e. The summed E-state index contributed by atoms with van der Waals surface area (Å²) in [6, 6.07) is 16.4. The fraction of sp³-hybridized carbons (Fsp3) is 0.333. The van der Waals surface area contributed by atoms with Crippen LogP contribution in [-0.4, -0.2) is 40.5 Å². The van der Waals surface area contributed by atoms with E-state index in [1.165, 1.54) is 6.26 Å². The normalized spacial score (nSPS) is 19.6. The van der Waals surface area contributed by atoms with Gasteiger partial charge in [0.25, 0.3) is 0 Å². The highest BCUT2D eigenvalue weighted by Crippen LogP contribution is 2.31. The Hall–Kier alpha value is -1.89. The Morgan fingerprint density at radius 2 is 1.83 bits per heavy atom. The van der Waals surface area contributed by atoms with Crippen molar-refractivity contribution in [1.82, 2.24) is 5.32 Å². The van der Waals surface area contributed by atoms with Crippen molar-refractivity contribution in [2.24, 2.45) is 0 Å². The molecular weight excluding hydrogens is 326 g/mol. The summed E-state index contributed by atoms with van der Waals surface area (Å²) in [5, 5.41) is 3.29. The molecule has 5 nitrogen and oxygen atoms in total. The lowest BCUT2D eigenvalue weighted by molar-refractivity contribution is -0.0441. The smallest absolute Gasteiger partial charge is 0.179 e. The molecule has 1 aliphatic rings. The van der Waals surface area contributed by atoms with Gasteiger partial charge in [0, 0.05) is 19.3 Å². The standard InChI is InChI=1S/C18H21NO4S/c1-24(20,21)17-10-6-5-9-15(17)23-18(14-7-3-2-4-8-14)16-13-19-11-12-22-16/h2-10,16,18-19H,11-13H2,1H3/t16-,18-/m0/s1. The average molecular weight is 347 g/mol. The number of hydrogen-bond donors (Lipinski definition) is 1. The van der Waals surface area contributed by atoms with Crippen molar-refractivity contribution >= 4 is 9.84 Å². The number of benzene rings is 2. The molecule has 1 N–H and O–H groups in total. The van der Waals surface area contributed by atoms with Crippen molar-refractivity contribution < 1.29 is 17.9 Å². The summed E-state index contributed by atoms with van der Waals surface area (Å²) in [7, 11) is -3.37. The zero-order valence-electron chi connectivity index (χ0n) is 13.5. The summed E-state index contributed by atoms with van der Waals surface area (Å²) in [6.07, 6.45) is 0.612. The van der Waals surface area contributed by atoms with Crippen LogP contribution in [0.2, 0.25) is 0 Å². The predicted molar refractivity (Wildman–Crippen MR) is 92.0 cm³/mol. The van der Waals surface area contributed by atoms with Gasteiger partial charge in [-0.25, -0.2) is 8.42 Å². The summed E-state index contributed by atoms with van der Waals surface area (Å²) < 4.78 is 36.1. The van der Waals surface area contributed by atoms with Gasteiger partial charge in [-0.1, -0.05) is 42.5 Å². The Labute approximate surface area is 142 Å². The highest BCUT2D eigenvalue weighted by atomic mass is 32.2. The summed E-state index contributed by atoms with van der Waals surface area (Å²) in [6.45, 7) is 2.06. The van der Waals surface area contributed by atoms with Gasteiger partial charge in [-0.05, 0) is 17.7 Å². The third-order valence-electron chi connectivity index (χ3n) is 3.92. The number of nitrogens with one attached hydrogen (secondary N) is 1. The molecule has 3 rings (SSSR count). The van der Waals surface area contributed by atoms with Crippen molar-refractivity contribution in [2.45, 2.75) is 17.1 Å². The van der Waals surface area contributed by atoms with Crippen LogP contribution in [0.1, 0.15) is 11.7 Å². The minimum absolute atomic E-state index is 0.186. The summed E-state index contributed by atoms with van der Waals surface area (Å²) in [5.41, 5.74) is 0.953. The fourth-order valence-corrected chi connectivity index (χ4v) is 3.58. The second-order valence-electron chi connectivity index (χ2n) is 5.78. The van der Waals surface area contributed by atoms with E-state index in [2.05, 4.69) is 5.32 Å². The first-order valence-electron chi connectivity index (χ1n) is 7.89. The minimum atomic E-state index is -3.37. The molecule has 2 aromatic carbocycles. The second kappa shape index (κ2) is 7.34. The molecule has 1 saturated heterocycles. The van der Waals surface area contributed by atoms with E-state index in [-0.39, 0.29) is 17.1 Å². The van der Waals surface area contributed by atoms with Gasteiger partial charge in [0.2, 0.25) is 0 Å². The molecule has 0 amide bonds. The van der Waals surface area contributed by atoms with Gasteiger partial charge in [-0.3, -0.25) is 0 Å². The predicted octanol–water partition coefficient (Wildman–Crippen LogP) is 2.20. The van der Waals surface area contributed by atoms with Crippen LogP contribution in [0.5, 0.6) is 5.75 Å². The molecule has 0 aliphatic carbocycles. The first-order chi connectivity index (χ1) is 11.6. The number of ether oxygens (including phenoxy) is 2. The van der Waals surface area contributed by atoms with E-state index in [1.54, 1.807) is 24.3 Å². The zero-order valence-corrected chi connectivity index (χ0v) is 14.3. The molecule has 0 spiro atoms. The molecule has 1 heterocycles. The van der Waals surface area contributed by atoms with Crippen LogP contribution in [0.15, 0.2) is 59.5 Å². The lowest BCUT2D eigenvalue weighted by atomic mass is 10.0. The molecular formula is C18H21NO4S.